The van der Waals surface area contributed by atoms with E-state index in [1.165, 1.54) is 16.7 Å². The van der Waals surface area contributed by atoms with Crippen molar-refractivity contribution in [2.75, 3.05) is 7.05 Å². The molecule has 1 aromatic rings. The summed E-state index contributed by atoms with van der Waals surface area (Å²) in [6.07, 6.45) is 11.1. The monoisotopic (exact) mass is 227 g/mol. The molecule has 0 amide bonds. The molecule has 0 saturated heterocycles. The van der Waals surface area contributed by atoms with E-state index in [9.17, 15) is 4.79 Å². The topological polar surface area (TPSA) is 29.1 Å². The molecule has 88 valence electrons. The smallest absolute Gasteiger partial charge is 0.137 e. The Balaban J connectivity index is 2.21. The Bertz CT molecular complexity index is 460. The molecule has 1 N–H and O–H groups in total. The molecule has 2 heteroatoms. The van der Waals surface area contributed by atoms with Crippen molar-refractivity contribution in [1.82, 2.24) is 5.32 Å². The summed E-state index contributed by atoms with van der Waals surface area (Å²) in [4.78, 5) is 10.8. The largest absolute Gasteiger partial charge is 0.311 e. The Hall–Kier alpha value is -1.67. The van der Waals surface area contributed by atoms with Gasteiger partial charge in [0.05, 0.1) is 6.04 Å². The molecule has 17 heavy (non-hydrogen) atoms. The molecule has 1 aromatic carbocycles. The Morgan fingerprint density at radius 3 is 3.06 bits per heavy atom. The van der Waals surface area contributed by atoms with Crippen molar-refractivity contribution in [2.24, 2.45) is 0 Å². The molecule has 0 saturated carbocycles. The quantitative estimate of drug-likeness (QED) is 0.798. The van der Waals surface area contributed by atoms with E-state index < -0.39 is 0 Å². The number of likely N-dealkylation sites (N-methyl/N-ethyl adjacent to an activating group) is 1. The zero-order chi connectivity index (χ0) is 12.1. The number of fused-ring (bicyclic) bond motifs is 1. The fourth-order valence-corrected chi connectivity index (χ4v) is 2.03. The lowest BCUT2D eigenvalue weighted by Gasteiger charge is -2.11. The normalized spacial score (nSPS) is 15.1. The van der Waals surface area contributed by atoms with Crippen molar-refractivity contribution in [3.8, 4) is 0 Å². The van der Waals surface area contributed by atoms with Gasteiger partial charge in [-0.3, -0.25) is 0 Å². The molecule has 0 fully saturated rings. The van der Waals surface area contributed by atoms with Crippen molar-refractivity contribution in [3.63, 3.8) is 0 Å². The van der Waals surface area contributed by atoms with E-state index in [-0.39, 0.29) is 6.04 Å². The van der Waals surface area contributed by atoms with Crippen LogP contribution in [0, 0.1) is 0 Å². The van der Waals surface area contributed by atoms with Crippen LogP contribution in [-0.4, -0.2) is 19.4 Å². The molecule has 0 aliphatic heterocycles. The fourth-order valence-electron chi connectivity index (χ4n) is 2.03. The number of carbonyl (C=O) groups excluding carboxylic acids is 1. The summed E-state index contributed by atoms with van der Waals surface area (Å²) in [6, 6.07) is 6.34. The van der Waals surface area contributed by atoms with Gasteiger partial charge in [0.1, 0.15) is 6.29 Å². The van der Waals surface area contributed by atoms with Crippen molar-refractivity contribution in [2.45, 2.75) is 18.9 Å². The lowest BCUT2D eigenvalue weighted by atomic mass is 9.98. The van der Waals surface area contributed by atoms with E-state index >= 15 is 0 Å². The Morgan fingerprint density at radius 1 is 1.41 bits per heavy atom. The van der Waals surface area contributed by atoms with Crippen molar-refractivity contribution < 1.29 is 4.79 Å². The van der Waals surface area contributed by atoms with Gasteiger partial charge in [-0.25, -0.2) is 0 Å². The lowest BCUT2D eigenvalue weighted by molar-refractivity contribution is -0.109. The zero-order valence-electron chi connectivity index (χ0n) is 10.0. The van der Waals surface area contributed by atoms with Crippen LogP contribution in [-0.2, 0) is 17.6 Å². The molecule has 0 heterocycles. The van der Waals surface area contributed by atoms with Crippen LogP contribution >= 0.6 is 0 Å². The summed E-state index contributed by atoms with van der Waals surface area (Å²) in [5, 5.41) is 3.00. The Labute approximate surface area is 102 Å². The van der Waals surface area contributed by atoms with E-state index in [0.29, 0.717) is 0 Å². The standard InChI is InChI=1S/C15H17NO/c1-16-15(11-17)10-12-7-8-13-5-3-2-4-6-14(13)9-12/h2-5,7-9,11,15-16H,6,10H2,1H3. The first-order chi connectivity index (χ1) is 8.33. The second-order valence-corrected chi connectivity index (χ2v) is 4.26. The molecule has 0 bridgehead atoms. The number of hydrogen-bond acceptors (Lipinski definition) is 2. The molecule has 0 aromatic heterocycles. The maximum Gasteiger partial charge on any atom is 0.137 e. The van der Waals surface area contributed by atoms with E-state index in [1.807, 2.05) is 7.05 Å². The molecule has 2 nitrogen and oxygen atoms in total. The summed E-state index contributed by atoms with van der Waals surface area (Å²) in [7, 11) is 1.81. The molecule has 1 unspecified atom stereocenters. The van der Waals surface area contributed by atoms with Gasteiger partial charge in [-0.1, -0.05) is 42.5 Å². The van der Waals surface area contributed by atoms with Crippen molar-refractivity contribution >= 4 is 12.4 Å². The van der Waals surface area contributed by atoms with Gasteiger partial charge in [0.2, 0.25) is 0 Å². The minimum atomic E-state index is -0.0927. The van der Waals surface area contributed by atoms with Crippen LogP contribution in [0.4, 0.5) is 0 Å². The summed E-state index contributed by atoms with van der Waals surface area (Å²) in [6.45, 7) is 0. The molecule has 1 atom stereocenters. The van der Waals surface area contributed by atoms with Gasteiger partial charge in [-0.2, -0.15) is 0 Å². The second-order valence-electron chi connectivity index (χ2n) is 4.26. The summed E-state index contributed by atoms with van der Waals surface area (Å²) < 4.78 is 0. The van der Waals surface area contributed by atoms with Gasteiger partial charge in [0.15, 0.2) is 0 Å². The molecule has 2 rings (SSSR count). The molecular weight excluding hydrogens is 210 g/mol. The number of carbonyl (C=O) groups is 1. The highest BCUT2D eigenvalue weighted by Crippen LogP contribution is 2.18. The number of aldehydes is 1. The first-order valence-electron chi connectivity index (χ1n) is 5.91. The first kappa shape index (κ1) is 11.8. The van der Waals surface area contributed by atoms with Gasteiger partial charge in [0, 0.05) is 0 Å². The predicted molar refractivity (Wildman–Crippen MR) is 70.9 cm³/mol. The Morgan fingerprint density at radius 2 is 2.29 bits per heavy atom. The van der Waals surface area contributed by atoms with E-state index in [2.05, 4.69) is 47.8 Å². The van der Waals surface area contributed by atoms with Crippen LogP contribution in [0.25, 0.3) is 6.08 Å². The maximum atomic E-state index is 10.8. The van der Waals surface area contributed by atoms with E-state index in [1.54, 1.807) is 0 Å². The van der Waals surface area contributed by atoms with Crippen LogP contribution in [0.1, 0.15) is 16.7 Å². The summed E-state index contributed by atoms with van der Waals surface area (Å²) >= 11 is 0. The molecule has 1 aliphatic carbocycles. The molecule has 0 spiro atoms. The third-order valence-corrected chi connectivity index (χ3v) is 3.06. The van der Waals surface area contributed by atoms with E-state index in [4.69, 9.17) is 0 Å². The second kappa shape index (κ2) is 5.60. The Kier molecular flexibility index (Phi) is 3.89. The average molecular weight is 227 g/mol. The van der Waals surface area contributed by atoms with Crippen LogP contribution < -0.4 is 5.32 Å². The van der Waals surface area contributed by atoms with Crippen LogP contribution in [0.3, 0.4) is 0 Å². The number of hydrogen-bond donors (Lipinski definition) is 1. The van der Waals surface area contributed by atoms with Crippen molar-refractivity contribution in [3.05, 3.63) is 53.1 Å². The zero-order valence-corrected chi connectivity index (χ0v) is 10.0. The number of rotatable bonds is 4. The maximum absolute atomic E-state index is 10.8. The van der Waals surface area contributed by atoms with Gasteiger partial charge in [-0.05, 0) is 36.6 Å². The summed E-state index contributed by atoms with van der Waals surface area (Å²) in [5.41, 5.74) is 3.80. The van der Waals surface area contributed by atoms with Crippen molar-refractivity contribution in [1.29, 1.82) is 0 Å². The fraction of sp³-hybridized carbons (Fsp3) is 0.267. The highest BCUT2D eigenvalue weighted by atomic mass is 16.1. The van der Waals surface area contributed by atoms with Gasteiger partial charge in [0.25, 0.3) is 0 Å². The number of allylic oxidation sites excluding steroid dienone is 3. The predicted octanol–water partition coefficient (Wildman–Crippen LogP) is 2.14. The first-order valence-corrected chi connectivity index (χ1v) is 5.91. The third-order valence-electron chi connectivity index (χ3n) is 3.06. The minimum absolute atomic E-state index is 0.0927. The lowest BCUT2D eigenvalue weighted by Crippen LogP contribution is -2.28. The third kappa shape index (κ3) is 2.92. The number of nitrogens with one attached hydrogen (secondary N) is 1. The van der Waals surface area contributed by atoms with Crippen LogP contribution in [0.15, 0.2) is 36.4 Å². The summed E-state index contributed by atoms with van der Waals surface area (Å²) in [5.74, 6) is 0. The van der Waals surface area contributed by atoms with Crippen LogP contribution in [0.5, 0.6) is 0 Å². The molecule has 0 radical (unpaired) electrons. The van der Waals surface area contributed by atoms with Gasteiger partial charge in [-0.15, -0.1) is 0 Å². The van der Waals surface area contributed by atoms with E-state index in [0.717, 1.165) is 19.1 Å². The molecular formula is C15H17NO. The molecule has 1 aliphatic rings. The highest BCUT2D eigenvalue weighted by molar-refractivity contribution is 5.60. The van der Waals surface area contributed by atoms with Gasteiger partial charge >= 0.3 is 0 Å². The SMILES string of the molecule is CNC(C=O)Cc1ccc2c(c1)CC=CC=C2. The highest BCUT2D eigenvalue weighted by Gasteiger charge is 2.07. The van der Waals surface area contributed by atoms with Gasteiger partial charge < -0.3 is 10.1 Å². The average Bonchev–Trinajstić information content (AvgIpc) is 2.60. The number of benzene rings is 1. The minimum Gasteiger partial charge on any atom is -0.311 e. The van der Waals surface area contributed by atoms with Crippen LogP contribution in [0.2, 0.25) is 0 Å².